The number of hydrogen-bond acceptors (Lipinski definition) is 3. The maximum Gasteiger partial charge on any atom is 0.253 e. The Hall–Kier alpha value is -1.46. The zero-order valence-corrected chi connectivity index (χ0v) is 12.7. The van der Waals surface area contributed by atoms with Gasteiger partial charge in [0.05, 0.1) is 22.2 Å². The highest BCUT2D eigenvalue weighted by atomic mass is 35.5. The number of likely N-dealkylation sites (tertiary alicyclic amines) is 1. The molecule has 0 bridgehead atoms. The second-order valence-electron chi connectivity index (χ2n) is 5.03. The SMILES string of the molecule is [N-]=[N+]=NCC1(O)CCN(C(=O)c2ccc(Cl)c(Cl)c2)CC1. The van der Waals surface area contributed by atoms with E-state index in [9.17, 15) is 9.90 Å². The lowest BCUT2D eigenvalue weighted by atomic mass is 9.91. The van der Waals surface area contributed by atoms with E-state index in [-0.39, 0.29) is 12.5 Å². The van der Waals surface area contributed by atoms with E-state index in [0.717, 1.165) is 0 Å². The van der Waals surface area contributed by atoms with Crippen LogP contribution < -0.4 is 0 Å². The number of nitrogens with zero attached hydrogens (tertiary/aromatic N) is 4. The monoisotopic (exact) mass is 328 g/mol. The van der Waals surface area contributed by atoms with Crippen molar-refractivity contribution in [1.29, 1.82) is 0 Å². The summed E-state index contributed by atoms with van der Waals surface area (Å²) in [7, 11) is 0. The third-order valence-electron chi connectivity index (χ3n) is 3.58. The number of benzene rings is 1. The number of carbonyl (C=O) groups is 1. The normalized spacial score (nSPS) is 17.2. The summed E-state index contributed by atoms with van der Waals surface area (Å²) in [5.41, 5.74) is 7.74. The lowest BCUT2D eigenvalue weighted by molar-refractivity contribution is -0.00939. The summed E-state index contributed by atoms with van der Waals surface area (Å²) in [6.07, 6.45) is 0.748. The summed E-state index contributed by atoms with van der Waals surface area (Å²) in [5, 5.41) is 14.4. The largest absolute Gasteiger partial charge is 0.390 e. The van der Waals surface area contributed by atoms with Gasteiger partial charge in [0.25, 0.3) is 5.91 Å². The molecule has 1 fully saturated rings. The molecule has 1 heterocycles. The molecule has 0 atom stereocenters. The van der Waals surface area contributed by atoms with Gasteiger partial charge in [-0.15, -0.1) is 0 Å². The van der Waals surface area contributed by atoms with Gasteiger partial charge in [0, 0.05) is 23.6 Å². The minimum atomic E-state index is -1.03. The highest BCUT2D eigenvalue weighted by Gasteiger charge is 2.33. The van der Waals surface area contributed by atoms with Crippen LogP contribution in [0.1, 0.15) is 23.2 Å². The van der Waals surface area contributed by atoms with Crippen molar-refractivity contribution >= 4 is 29.1 Å². The zero-order valence-electron chi connectivity index (χ0n) is 11.2. The van der Waals surface area contributed by atoms with Crippen LogP contribution in [0.2, 0.25) is 10.0 Å². The summed E-state index contributed by atoms with van der Waals surface area (Å²) in [5.74, 6) is -0.153. The fourth-order valence-electron chi connectivity index (χ4n) is 2.26. The Bertz CT molecular complexity index is 594. The Morgan fingerprint density at radius 1 is 1.38 bits per heavy atom. The summed E-state index contributed by atoms with van der Waals surface area (Å²) >= 11 is 11.7. The Labute approximate surface area is 131 Å². The van der Waals surface area contributed by atoms with Gasteiger partial charge in [-0.05, 0) is 36.6 Å². The molecule has 0 saturated carbocycles. The molecule has 6 nitrogen and oxygen atoms in total. The van der Waals surface area contributed by atoms with Crippen LogP contribution in [-0.4, -0.2) is 41.1 Å². The number of hydrogen-bond donors (Lipinski definition) is 1. The molecule has 0 unspecified atom stereocenters. The summed E-state index contributed by atoms with van der Waals surface area (Å²) in [4.78, 5) is 16.6. The van der Waals surface area contributed by atoms with Gasteiger partial charge in [-0.1, -0.05) is 28.3 Å². The van der Waals surface area contributed by atoms with Crippen LogP contribution in [0.5, 0.6) is 0 Å². The molecule has 2 rings (SSSR count). The third kappa shape index (κ3) is 3.80. The smallest absolute Gasteiger partial charge is 0.253 e. The fourth-order valence-corrected chi connectivity index (χ4v) is 2.56. The molecule has 1 amide bonds. The topological polar surface area (TPSA) is 89.3 Å². The number of halogens is 2. The van der Waals surface area contributed by atoms with Gasteiger partial charge in [-0.2, -0.15) is 0 Å². The number of carbonyl (C=O) groups excluding carboxylic acids is 1. The van der Waals surface area contributed by atoms with E-state index in [1.54, 1.807) is 17.0 Å². The van der Waals surface area contributed by atoms with Crippen LogP contribution in [0.25, 0.3) is 10.4 Å². The van der Waals surface area contributed by atoms with Crippen LogP contribution in [0, 0.1) is 0 Å². The summed E-state index contributed by atoms with van der Waals surface area (Å²) in [6, 6.07) is 4.74. The molecule has 21 heavy (non-hydrogen) atoms. The van der Waals surface area contributed by atoms with Crippen LogP contribution >= 0.6 is 23.2 Å². The van der Waals surface area contributed by atoms with Crippen molar-refractivity contribution in [2.75, 3.05) is 19.6 Å². The number of piperidine rings is 1. The predicted molar refractivity (Wildman–Crippen MR) is 80.6 cm³/mol. The minimum Gasteiger partial charge on any atom is -0.390 e. The van der Waals surface area contributed by atoms with Crippen LogP contribution in [0.4, 0.5) is 0 Å². The molecular formula is C13H14Cl2N4O2. The first-order chi connectivity index (χ1) is 9.95. The Morgan fingerprint density at radius 3 is 2.62 bits per heavy atom. The van der Waals surface area contributed by atoms with Gasteiger partial charge in [-0.25, -0.2) is 0 Å². The van der Waals surface area contributed by atoms with Crippen LogP contribution in [0.15, 0.2) is 23.3 Å². The molecule has 0 spiro atoms. The van der Waals surface area contributed by atoms with Crippen LogP contribution in [-0.2, 0) is 0 Å². The number of amides is 1. The molecule has 0 aromatic heterocycles. The molecule has 0 aliphatic carbocycles. The molecule has 8 heteroatoms. The second kappa shape index (κ2) is 6.54. The van der Waals surface area contributed by atoms with Crippen molar-refractivity contribution in [3.05, 3.63) is 44.3 Å². The first kappa shape index (κ1) is 15.9. The van der Waals surface area contributed by atoms with E-state index >= 15 is 0 Å². The van der Waals surface area contributed by atoms with E-state index in [1.807, 2.05) is 0 Å². The van der Waals surface area contributed by atoms with Crippen molar-refractivity contribution in [3.8, 4) is 0 Å². The van der Waals surface area contributed by atoms with E-state index in [4.69, 9.17) is 28.7 Å². The molecule has 1 aromatic rings. The third-order valence-corrected chi connectivity index (χ3v) is 4.32. The van der Waals surface area contributed by atoms with Gasteiger partial charge in [-0.3, -0.25) is 4.79 Å². The van der Waals surface area contributed by atoms with Crippen molar-refractivity contribution in [1.82, 2.24) is 4.90 Å². The number of rotatable bonds is 3. The zero-order chi connectivity index (χ0) is 15.5. The average Bonchev–Trinajstić information content (AvgIpc) is 2.48. The first-order valence-corrected chi connectivity index (χ1v) is 7.18. The lowest BCUT2D eigenvalue weighted by Gasteiger charge is -2.37. The minimum absolute atomic E-state index is 0.0261. The van der Waals surface area contributed by atoms with Gasteiger partial charge >= 0.3 is 0 Å². The van der Waals surface area contributed by atoms with Gasteiger partial charge in [0.2, 0.25) is 0 Å². The summed E-state index contributed by atoms with van der Waals surface area (Å²) in [6.45, 7) is 0.825. The first-order valence-electron chi connectivity index (χ1n) is 6.43. The number of azide groups is 1. The van der Waals surface area contributed by atoms with Crippen molar-refractivity contribution in [2.24, 2.45) is 5.11 Å². The standard InChI is InChI=1S/C13H14Cl2N4O2/c14-10-2-1-9(7-11(10)15)12(20)19-5-3-13(21,4-6-19)8-17-18-16/h1-2,7,21H,3-6,8H2. The lowest BCUT2D eigenvalue weighted by Crippen LogP contribution is -2.48. The molecule has 1 aliphatic heterocycles. The molecular weight excluding hydrogens is 315 g/mol. The molecule has 1 aliphatic rings. The average molecular weight is 329 g/mol. The highest BCUT2D eigenvalue weighted by molar-refractivity contribution is 6.42. The molecule has 1 saturated heterocycles. The van der Waals surface area contributed by atoms with Gasteiger partial charge < -0.3 is 10.0 Å². The molecule has 112 valence electrons. The van der Waals surface area contributed by atoms with Crippen molar-refractivity contribution in [2.45, 2.75) is 18.4 Å². The Morgan fingerprint density at radius 2 is 2.05 bits per heavy atom. The van der Waals surface area contributed by atoms with Crippen molar-refractivity contribution in [3.63, 3.8) is 0 Å². The molecule has 1 aromatic carbocycles. The van der Waals surface area contributed by atoms with E-state index in [2.05, 4.69) is 10.0 Å². The highest BCUT2D eigenvalue weighted by Crippen LogP contribution is 2.26. The van der Waals surface area contributed by atoms with Gasteiger partial charge in [0.1, 0.15) is 0 Å². The Kier molecular flexibility index (Phi) is 4.96. The summed E-state index contributed by atoms with van der Waals surface area (Å²) < 4.78 is 0. The molecule has 1 N–H and O–H groups in total. The predicted octanol–water partition coefficient (Wildman–Crippen LogP) is 3.27. The van der Waals surface area contributed by atoms with Crippen LogP contribution in [0.3, 0.4) is 0 Å². The maximum atomic E-state index is 12.3. The van der Waals surface area contributed by atoms with E-state index in [1.165, 1.54) is 6.07 Å². The number of aliphatic hydroxyl groups is 1. The molecule has 0 radical (unpaired) electrons. The van der Waals surface area contributed by atoms with E-state index < -0.39 is 5.60 Å². The quantitative estimate of drug-likeness (QED) is 0.524. The van der Waals surface area contributed by atoms with E-state index in [0.29, 0.717) is 41.5 Å². The Balaban J connectivity index is 2.03. The second-order valence-corrected chi connectivity index (χ2v) is 5.85. The maximum absolute atomic E-state index is 12.3. The van der Waals surface area contributed by atoms with Crippen molar-refractivity contribution < 1.29 is 9.90 Å². The van der Waals surface area contributed by atoms with Gasteiger partial charge in [0.15, 0.2) is 0 Å². The fraction of sp³-hybridized carbons (Fsp3) is 0.462.